The molecule has 3 amide bonds. The number of benzene rings is 1. The Morgan fingerprint density at radius 2 is 1.65 bits per heavy atom. The molecule has 0 radical (unpaired) electrons. The predicted octanol–water partition coefficient (Wildman–Crippen LogP) is 3.42. The van der Waals surface area contributed by atoms with Gasteiger partial charge in [0.1, 0.15) is 0 Å². The molecule has 2 aromatic rings. The van der Waals surface area contributed by atoms with Gasteiger partial charge in [-0.05, 0) is 43.4 Å². The Hall–Kier alpha value is -2.80. The topological polar surface area (TPSA) is 74.6 Å². The molecule has 31 heavy (non-hydrogen) atoms. The number of halogens is 1. The van der Waals surface area contributed by atoms with E-state index in [2.05, 4.69) is 5.32 Å². The maximum absolute atomic E-state index is 12.8. The lowest BCUT2D eigenvalue weighted by Crippen LogP contribution is -2.47. The highest BCUT2D eigenvalue weighted by Crippen LogP contribution is 2.22. The molecule has 2 fully saturated rings. The summed E-state index contributed by atoms with van der Waals surface area (Å²) in [5.41, 5.74) is 1.25. The highest BCUT2D eigenvalue weighted by molar-refractivity contribution is 6.31. The van der Waals surface area contributed by atoms with Crippen molar-refractivity contribution in [1.82, 2.24) is 14.4 Å². The van der Waals surface area contributed by atoms with Gasteiger partial charge in [-0.2, -0.15) is 0 Å². The van der Waals surface area contributed by atoms with Gasteiger partial charge in [-0.15, -0.1) is 0 Å². The van der Waals surface area contributed by atoms with Crippen LogP contribution < -0.4 is 10.9 Å². The van der Waals surface area contributed by atoms with Gasteiger partial charge in [0, 0.05) is 49.4 Å². The van der Waals surface area contributed by atoms with Gasteiger partial charge in [0.2, 0.25) is 5.91 Å². The number of aromatic nitrogens is 1. The molecule has 0 atom stereocenters. The number of nitrogens with one attached hydrogen (secondary N) is 1. The fourth-order valence-electron chi connectivity index (χ4n) is 4.22. The second-order valence-corrected chi connectivity index (χ2v) is 8.61. The van der Waals surface area contributed by atoms with Crippen LogP contribution in [0.2, 0.25) is 5.02 Å². The molecular weight excluding hydrogens is 416 g/mol. The van der Waals surface area contributed by atoms with Gasteiger partial charge < -0.3 is 19.7 Å². The summed E-state index contributed by atoms with van der Waals surface area (Å²) in [5, 5.41) is 3.53. The quantitative estimate of drug-likeness (QED) is 0.788. The molecule has 0 unspecified atom stereocenters. The molecule has 0 saturated carbocycles. The van der Waals surface area contributed by atoms with Crippen LogP contribution in [0.4, 0.5) is 10.5 Å². The van der Waals surface area contributed by atoms with E-state index in [0.717, 1.165) is 31.5 Å². The summed E-state index contributed by atoms with van der Waals surface area (Å²) in [7, 11) is 0. The molecule has 1 aromatic heterocycles. The average molecular weight is 443 g/mol. The van der Waals surface area contributed by atoms with E-state index in [-0.39, 0.29) is 23.4 Å². The van der Waals surface area contributed by atoms with E-state index in [1.165, 1.54) is 10.6 Å². The van der Waals surface area contributed by atoms with Crippen molar-refractivity contribution >= 4 is 29.2 Å². The summed E-state index contributed by atoms with van der Waals surface area (Å²) < 4.78 is 1.54. The highest BCUT2D eigenvalue weighted by atomic mass is 35.5. The van der Waals surface area contributed by atoms with Gasteiger partial charge in [-0.25, -0.2) is 4.79 Å². The molecule has 164 valence electrons. The van der Waals surface area contributed by atoms with Crippen molar-refractivity contribution in [2.75, 3.05) is 31.5 Å². The first-order valence-corrected chi connectivity index (χ1v) is 11.2. The Morgan fingerprint density at radius 1 is 0.968 bits per heavy atom. The van der Waals surface area contributed by atoms with E-state index < -0.39 is 0 Å². The maximum atomic E-state index is 12.8. The van der Waals surface area contributed by atoms with Crippen molar-refractivity contribution in [1.29, 1.82) is 0 Å². The van der Waals surface area contributed by atoms with Gasteiger partial charge in [0.05, 0.1) is 12.2 Å². The number of hydrogen-bond donors (Lipinski definition) is 1. The van der Waals surface area contributed by atoms with Gasteiger partial charge in [0.25, 0.3) is 5.56 Å². The Morgan fingerprint density at radius 3 is 2.35 bits per heavy atom. The smallest absolute Gasteiger partial charge is 0.319 e. The van der Waals surface area contributed by atoms with Gasteiger partial charge in [-0.1, -0.05) is 29.8 Å². The first kappa shape index (κ1) is 21.4. The number of nitrogens with zero attached hydrogens (tertiary/aromatic N) is 3. The lowest BCUT2D eigenvalue weighted by molar-refractivity contribution is -0.121. The van der Waals surface area contributed by atoms with Crippen LogP contribution in [0.25, 0.3) is 0 Å². The highest BCUT2D eigenvalue weighted by Gasteiger charge is 2.30. The van der Waals surface area contributed by atoms with E-state index in [0.29, 0.717) is 43.2 Å². The number of hydrogen-bond acceptors (Lipinski definition) is 3. The number of likely N-dealkylation sites (tertiary alicyclic amines) is 2. The lowest BCUT2D eigenvalue weighted by Gasteiger charge is -2.34. The minimum absolute atomic E-state index is 0.0730. The molecule has 0 spiro atoms. The van der Waals surface area contributed by atoms with Crippen LogP contribution in [0.3, 0.4) is 0 Å². The number of carbonyl (C=O) groups excluding carboxylic acids is 2. The van der Waals surface area contributed by atoms with E-state index in [1.807, 2.05) is 28.0 Å². The summed E-state index contributed by atoms with van der Waals surface area (Å²) in [5.74, 6) is -0.220. The molecule has 1 aromatic carbocycles. The Kier molecular flexibility index (Phi) is 6.61. The van der Waals surface area contributed by atoms with Crippen molar-refractivity contribution in [2.24, 2.45) is 5.92 Å². The standard InChI is InChI=1S/C23H27ClN4O3/c24-20-6-2-1-5-18(20)15-28-16-19(7-8-21(28)29)25-22(30)17-9-13-27(14-10-17)23(31)26-11-3-4-12-26/h1-2,5-8,16-17H,3-4,9-15H2,(H,25,30). The monoisotopic (exact) mass is 442 g/mol. The fourth-order valence-corrected chi connectivity index (χ4v) is 4.42. The fraction of sp³-hybridized carbons (Fsp3) is 0.435. The summed E-state index contributed by atoms with van der Waals surface area (Å²) in [6.45, 7) is 3.20. The summed E-state index contributed by atoms with van der Waals surface area (Å²) >= 11 is 6.21. The van der Waals surface area contributed by atoms with Crippen LogP contribution in [0.1, 0.15) is 31.2 Å². The SMILES string of the molecule is O=C(Nc1ccc(=O)n(Cc2ccccc2Cl)c1)C1CCN(C(=O)N2CCCC2)CC1. The van der Waals surface area contributed by atoms with Crippen molar-refractivity contribution < 1.29 is 9.59 Å². The van der Waals surface area contributed by atoms with E-state index in [4.69, 9.17) is 11.6 Å². The number of pyridine rings is 1. The number of rotatable bonds is 4. The first-order valence-electron chi connectivity index (χ1n) is 10.8. The zero-order chi connectivity index (χ0) is 21.8. The van der Waals surface area contributed by atoms with Gasteiger partial charge in [-0.3, -0.25) is 9.59 Å². The number of anilines is 1. The number of amides is 3. The third-order valence-corrected chi connectivity index (χ3v) is 6.43. The first-order chi connectivity index (χ1) is 15.0. The van der Waals surface area contributed by atoms with Crippen LogP contribution in [0.5, 0.6) is 0 Å². The van der Waals surface area contributed by atoms with Crippen LogP contribution in [0.15, 0.2) is 47.4 Å². The lowest BCUT2D eigenvalue weighted by atomic mass is 9.96. The maximum Gasteiger partial charge on any atom is 0.319 e. The van der Waals surface area contributed by atoms with Crippen molar-refractivity contribution in [3.05, 3.63) is 63.5 Å². The summed E-state index contributed by atoms with van der Waals surface area (Å²) in [6, 6.07) is 10.5. The van der Waals surface area contributed by atoms with E-state index >= 15 is 0 Å². The third-order valence-electron chi connectivity index (χ3n) is 6.06. The zero-order valence-corrected chi connectivity index (χ0v) is 18.2. The van der Waals surface area contributed by atoms with Crippen molar-refractivity contribution in [3.8, 4) is 0 Å². The van der Waals surface area contributed by atoms with Crippen LogP contribution in [-0.4, -0.2) is 52.5 Å². The Labute approximate surface area is 186 Å². The second-order valence-electron chi connectivity index (χ2n) is 8.20. The second kappa shape index (κ2) is 9.56. The van der Waals surface area contributed by atoms with E-state index in [1.54, 1.807) is 18.3 Å². The predicted molar refractivity (Wildman–Crippen MR) is 120 cm³/mol. The molecule has 8 heteroatoms. The average Bonchev–Trinajstić information content (AvgIpc) is 3.32. The molecule has 2 saturated heterocycles. The number of carbonyl (C=O) groups is 2. The molecule has 2 aliphatic heterocycles. The Balaban J connectivity index is 1.35. The normalized spacial score (nSPS) is 17.1. The van der Waals surface area contributed by atoms with Gasteiger partial charge in [0.15, 0.2) is 0 Å². The van der Waals surface area contributed by atoms with Gasteiger partial charge >= 0.3 is 6.03 Å². The summed E-state index contributed by atoms with van der Waals surface area (Å²) in [6.07, 6.45) is 5.08. The molecule has 7 nitrogen and oxygen atoms in total. The molecule has 1 N–H and O–H groups in total. The van der Waals surface area contributed by atoms with E-state index in [9.17, 15) is 14.4 Å². The summed E-state index contributed by atoms with van der Waals surface area (Å²) in [4.78, 5) is 41.3. The van der Waals surface area contributed by atoms with Crippen molar-refractivity contribution in [3.63, 3.8) is 0 Å². The Bertz CT molecular complexity index is 1010. The molecule has 2 aliphatic rings. The minimum atomic E-state index is -0.161. The largest absolute Gasteiger partial charge is 0.325 e. The third kappa shape index (κ3) is 5.10. The van der Waals surface area contributed by atoms with Crippen LogP contribution in [-0.2, 0) is 11.3 Å². The molecule has 0 bridgehead atoms. The molecule has 4 rings (SSSR count). The molecule has 3 heterocycles. The zero-order valence-electron chi connectivity index (χ0n) is 17.4. The molecular formula is C23H27ClN4O3. The van der Waals surface area contributed by atoms with Crippen molar-refractivity contribution in [2.45, 2.75) is 32.2 Å². The molecule has 0 aliphatic carbocycles. The number of piperidine rings is 1. The number of urea groups is 1. The minimum Gasteiger partial charge on any atom is -0.325 e. The van der Waals surface area contributed by atoms with Crippen LogP contribution in [0, 0.1) is 5.92 Å². The van der Waals surface area contributed by atoms with Crippen LogP contribution >= 0.6 is 11.6 Å².